The van der Waals surface area contributed by atoms with Crippen LogP contribution in [0.1, 0.15) is 0 Å². The van der Waals surface area contributed by atoms with Crippen molar-refractivity contribution in [1.82, 2.24) is 5.32 Å². The minimum absolute atomic E-state index is 0.203. The van der Waals surface area contributed by atoms with Crippen molar-refractivity contribution in [3.8, 4) is 0 Å². The first-order valence-electron chi connectivity index (χ1n) is 3.44. The van der Waals surface area contributed by atoms with Gasteiger partial charge in [0.1, 0.15) is 12.5 Å². The van der Waals surface area contributed by atoms with E-state index in [1.165, 1.54) is 6.08 Å². The molecule has 2 aliphatic heterocycles. The van der Waals surface area contributed by atoms with E-state index >= 15 is 0 Å². The Kier molecular flexibility index (Phi) is 2.91. The topological polar surface area (TPSA) is 91.1 Å². The van der Waals surface area contributed by atoms with Crippen LogP contribution in [0.2, 0.25) is 0 Å². The fourth-order valence-corrected chi connectivity index (χ4v) is 0.913. The highest BCUT2D eigenvalue weighted by atomic mass is 16.3. The summed E-state index contributed by atoms with van der Waals surface area (Å²) >= 11 is 0. The van der Waals surface area contributed by atoms with Crippen molar-refractivity contribution >= 4 is 24.4 Å². The molecule has 0 spiro atoms. The molecule has 68 valence electrons. The minimum atomic E-state index is -0.250. The number of aliphatic imine (C=N–C) groups is 2. The van der Waals surface area contributed by atoms with E-state index in [0.29, 0.717) is 12.5 Å². The van der Waals surface area contributed by atoms with E-state index in [0.717, 1.165) is 5.57 Å². The second-order valence-corrected chi connectivity index (χ2v) is 2.15. The number of carboxylic acid groups (broad SMARTS) is 1. The lowest BCUT2D eigenvalue weighted by Crippen LogP contribution is -2.28. The predicted molar refractivity (Wildman–Crippen MR) is 45.7 cm³/mol. The zero-order valence-electron chi connectivity index (χ0n) is 6.60. The molecule has 0 aromatic heterocycles. The van der Waals surface area contributed by atoms with Crippen molar-refractivity contribution < 1.29 is 14.7 Å². The molecule has 0 aromatic carbocycles. The largest absolute Gasteiger partial charge is 0.483 e. The molecule has 0 aromatic rings. The van der Waals surface area contributed by atoms with Crippen molar-refractivity contribution in [3.63, 3.8) is 0 Å². The number of carbonyl (C=O) groups is 2. The second kappa shape index (κ2) is 4.15. The van der Waals surface area contributed by atoms with Gasteiger partial charge in [0, 0.05) is 17.9 Å². The van der Waals surface area contributed by atoms with Crippen molar-refractivity contribution in [3.05, 3.63) is 11.6 Å². The fourth-order valence-electron chi connectivity index (χ4n) is 0.913. The van der Waals surface area contributed by atoms with Crippen LogP contribution in [0, 0.1) is 0 Å². The summed E-state index contributed by atoms with van der Waals surface area (Å²) in [6.07, 6.45) is 3.12. The first kappa shape index (κ1) is 9.11. The predicted octanol–water partition coefficient (Wildman–Crippen LogP) is -0.816. The van der Waals surface area contributed by atoms with Crippen LogP contribution >= 0.6 is 0 Å². The third kappa shape index (κ3) is 2.22. The molecule has 2 rings (SSSR count). The Morgan fingerprint density at radius 2 is 2.31 bits per heavy atom. The fraction of sp³-hybridized carbons (Fsp3) is 0.143. The van der Waals surface area contributed by atoms with Crippen LogP contribution in [0.25, 0.3) is 0 Å². The number of nitrogens with zero attached hydrogens (tertiary/aromatic N) is 2. The Hall–Kier alpha value is -1.98. The van der Waals surface area contributed by atoms with Crippen LogP contribution in [0.15, 0.2) is 21.6 Å². The maximum atomic E-state index is 10.6. The van der Waals surface area contributed by atoms with Gasteiger partial charge in [0.05, 0.1) is 0 Å². The van der Waals surface area contributed by atoms with E-state index in [4.69, 9.17) is 9.90 Å². The number of amides is 1. The van der Waals surface area contributed by atoms with Crippen LogP contribution in [-0.4, -0.2) is 36.2 Å². The first-order chi connectivity index (χ1) is 6.27. The summed E-state index contributed by atoms with van der Waals surface area (Å²) in [5.41, 5.74) is 0.788. The molecule has 1 amide bonds. The Labute approximate surface area is 73.7 Å². The number of fused-ring (bicyclic) bond motifs is 1. The summed E-state index contributed by atoms with van der Waals surface area (Å²) in [7, 11) is 0. The molecule has 0 unspecified atom stereocenters. The van der Waals surface area contributed by atoms with Gasteiger partial charge in [0.25, 0.3) is 12.4 Å². The molecule has 6 nitrogen and oxygen atoms in total. The lowest BCUT2D eigenvalue weighted by molar-refractivity contribution is -0.122. The highest BCUT2D eigenvalue weighted by Gasteiger charge is 2.16. The van der Waals surface area contributed by atoms with Gasteiger partial charge in [-0.05, 0) is 0 Å². The van der Waals surface area contributed by atoms with Gasteiger partial charge in [0.2, 0.25) is 0 Å². The Bertz CT molecular complexity index is 317. The summed E-state index contributed by atoms with van der Waals surface area (Å²) in [6, 6.07) is 0. The molecule has 0 fully saturated rings. The highest BCUT2D eigenvalue weighted by Crippen LogP contribution is 2.05. The van der Waals surface area contributed by atoms with Gasteiger partial charge in [0.15, 0.2) is 0 Å². The van der Waals surface area contributed by atoms with Crippen LogP contribution in [0.3, 0.4) is 0 Å². The molecule has 2 aliphatic rings. The normalized spacial score (nSPS) is 17.4. The highest BCUT2D eigenvalue weighted by molar-refractivity contribution is 6.26. The third-order valence-electron chi connectivity index (χ3n) is 1.34. The van der Waals surface area contributed by atoms with Gasteiger partial charge >= 0.3 is 0 Å². The average Bonchev–Trinajstić information content (AvgIpc) is 2.45. The molecule has 0 radical (unpaired) electrons. The number of nitrogens with one attached hydrogen (secondary N) is 1. The summed E-state index contributed by atoms with van der Waals surface area (Å²) in [4.78, 5) is 26.6. The zero-order chi connectivity index (χ0) is 9.68. The molecule has 0 atom stereocenters. The summed E-state index contributed by atoms with van der Waals surface area (Å²) in [5, 5.41) is 9.76. The summed E-state index contributed by atoms with van der Waals surface area (Å²) in [5.74, 6) is 0.450. The molecular weight excluding hydrogens is 174 g/mol. The monoisotopic (exact) mass is 181 g/mol. The van der Waals surface area contributed by atoms with E-state index < -0.39 is 0 Å². The molecule has 2 heterocycles. The second-order valence-electron chi connectivity index (χ2n) is 2.15. The van der Waals surface area contributed by atoms with Gasteiger partial charge in [-0.3, -0.25) is 14.6 Å². The van der Waals surface area contributed by atoms with Gasteiger partial charge in [-0.15, -0.1) is 0 Å². The standard InChI is InChI=1S/C6H5N3O.CH2O2/c10-5-1-4-2-7-3-8-6(4)9-5;2-1-3/h1-2H,3H2,(H,8,9,10);1H,(H,2,3). The van der Waals surface area contributed by atoms with E-state index in [9.17, 15) is 4.79 Å². The van der Waals surface area contributed by atoms with Gasteiger partial charge in [-0.25, -0.2) is 0 Å². The number of hydrogen-bond acceptors (Lipinski definition) is 4. The smallest absolute Gasteiger partial charge is 0.290 e. The number of amidine groups is 1. The third-order valence-corrected chi connectivity index (χ3v) is 1.34. The van der Waals surface area contributed by atoms with E-state index in [1.807, 2.05) is 0 Å². The Morgan fingerprint density at radius 1 is 1.62 bits per heavy atom. The van der Waals surface area contributed by atoms with Gasteiger partial charge < -0.3 is 10.4 Å². The van der Waals surface area contributed by atoms with E-state index in [-0.39, 0.29) is 12.4 Å². The molecule has 2 N–H and O–H groups in total. The van der Waals surface area contributed by atoms with Crippen LogP contribution < -0.4 is 5.32 Å². The lowest BCUT2D eigenvalue weighted by Gasteiger charge is -2.07. The zero-order valence-corrected chi connectivity index (χ0v) is 6.60. The molecule has 0 saturated heterocycles. The SMILES string of the molecule is O=C1C=C2C=NCNC2=N1.O=CO. The van der Waals surface area contributed by atoms with Crippen LogP contribution in [-0.2, 0) is 9.59 Å². The van der Waals surface area contributed by atoms with E-state index in [2.05, 4.69) is 15.3 Å². The van der Waals surface area contributed by atoms with Crippen LogP contribution in [0.4, 0.5) is 0 Å². The maximum absolute atomic E-state index is 10.6. The molecule has 0 bridgehead atoms. The molecule has 6 heteroatoms. The van der Waals surface area contributed by atoms with Crippen molar-refractivity contribution in [2.24, 2.45) is 9.98 Å². The summed E-state index contributed by atoms with van der Waals surface area (Å²) < 4.78 is 0. The van der Waals surface area contributed by atoms with Gasteiger partial charge in [-0.1, -0.05) is 0 Å². The summed E-state index contributed by atoms with van der Waals surface area (Å²) in [6.45, 7) is 0.267. The first-order valence-corrected chi connectivity index (χ1v) is 3.44. The molecule has 0 saturated carbocycles. The Balaban J connectivity index is 0.000000251. The van der Waals surface area contributed by atoms with Crippen LogP contribution in [0.5, 0.6) is 0 Å². The van der Waals surface area contributed by atoms with Gasteiger partial charge in [-0.2, -0.15) is 4.99 Å². The Morgan fingerprint density at radius 3 is 2.92 bits per heavy atom. The van der Waals surface area contributed by atoms with Crippen molar-refractivity contribution in [2.45, 2.75) is 0 Å². The lowest BCUT2D eigenvalue weighted by atomic mass is 10.2. The van der Waals surface area contributed by atoms with E-state index in [1.54, 1.807) is 6.21 Å². The molecular formula is C7H7N3O3. The molecule has 13 heavy (non-hydrogen) atoms. The quantitative estimate of drug-likeness (QED) is 0.478. The molecule has 0 aliphatic carbocycles. The average molecular weight is 181 g/mol. The number of rotatable bonds is 0. The minimum Gasteiger partial charge on any atom is -0.483 e. The number of carbonyl (C=O) groups excluding carboxylic acids is 1. The number of hydrogen-bond donors (Lipinski definition) is 2. The maximum Gasteiger partial charge on any atom is 0.290 e. The van der Waals surface area contributed by atoms with Crippen molar-refractivity contribution in [2.75, 3.05) is 6.67 Å². The van der Waals surface area contributed by atoms with Crippen molar-refractivity contribution in [1.29, 1.82) is 0 Å².